The van der Waals surface area contributed by atoms with E-state index in [0.29, 0.717) is 19.3 Å². The molecule has 0 heterocycles. The van der Waals surface area contributed by atoms with Crippen molar-refractivity contribution in [1.29, 1.82) is 0 Å². The van der Waals surface area contributed by atoms with E-state index in [2.05, 4.69) is 106 Å². The van der Waals surface area contributed by atoms with E-state index in [-0.39, 0.29) is 31.1 Å². The van der Waals surface area contributed by atoms with Gasteiger partial charge in [0.1, 0.15) is 13.2 Å². The van der Waals surface area contributed by atoms with Crippen molar-refractivity contribution in [2.24, 2.45) is 0 Å². The molecule has 480 valence electrons. The van der Waals surface area contributed by atoms with Gasteiger partial charge in [-0.3, -0.25) is 14.4 Å². The summed E-state index contributed by atoms with van der Waals surface area (Å²) in [5.74, 6) is -0.858. The van der Waals surface area contributed by atoms with Crippen LogP contribution in [-0.2, 0) is 28.6 Å². The zero-order chi connectivity index (χ0) is 59.9. The van der Waals surface area contributed by atoms with Crippen LogP contribution in [0.1, 0.15) is 367 Å². The van der Waals surface area contributed by atoms with E-state index < -0.39 is 6.10 Å². The van der Waals surface area contributed by atoms with Crippen molar-refractivity contribution in [3.05, 3.63) is 85.1 Å². The number of allylic oxidation sites excluding steroid dienone is 14. The standard InChI is InChI=1S/C77H136O6/c1-4-7-10-13-16-19-21-23-25-27-29-31-33-35-36-37-38-39-40-41-42-43-45-46-48-50-52-54-56-58-61-64-67-70-76(79)82-73-74(72-81-75(78)69-66-63-60-18-15-12-9-6-3)83-77(80)71-68-65-62-59-57-55-53-51-49-47-44-34-32-30-28-26-24-22-20-17-14-11-8-5-2/h7,10,16,19,23,25,29,31,35-36,38-39,41-42,74H,4-6,8-9,11-15,17-18,20-22,24,26-28,30,32-34,37,40,43-73H2,1-3H3/b10-7-,19-16-,25-23-,31-29-,36-35-,39-38-,42-41-. The Morgan fingerprint density at radius 2 is 0.470 bits per heavy atom. The Balaban J connectivity index is 4.09. The smallest absolute Gasteiger partial charge is 0.306 e. The molecule has 0 aromatic heterocycles. The molecule has 0 bridgehead atoms. The first-order valence-electron chi connectivity index (χ1n) is 36.1. The topological polar surface area (TPSA) is 78.9 Å². The predicted molar refractivity (Wildman–Crippen MR) is 362 cm³/mol. The fourth-order valence-electron chi connectivity index (χ4n) is 10.5. The van der Waals surface area contributed by atoms with Crippen molar-refractivity contribution >= 4 is 17.9 Å². The molecule has 0 radical (unpaired) electrons. The molecule has 0 saturated carbocycles. The molecule has 0 aliphatic heterocycles. The summed E-state index contributed by atoms with van der Waals surface area (Å²) in [6.45, 7) is 6.55. The normalized spacial score (nSPS) is 12.6. The minimum absolute atomic E-state index is 0.0715. The number of hydrogen-bond acceptors (Lipinski definition) is 6. The van der Waals surface area contributed by atoms with Crippen LogP contribution in [0, 0.1) is 0 Å². The van der Waals surface area contributed by atoms with Gasteiger partial charge in [-0.15, -0.1) is 0 Å². The lowest BCUT2D eigenvalue weighted by molar-refractivity contribution is -0.167. The fourth-order valence-corrected chi connectivity index (χ4v) is 10.5. The number of rotatable bonds is 66. The quantitative estimate of drug-likeness (QED) is 0.0261. The largest absolute Gasteiger partial charge is 0.462 e. The van der Waals surface area contributed by atoms with Crippen molar-refractivity contribution in [2.45, 2.75) is 374 Å². The van der Waals surface area contributed by atoms with E-state index in [4.69, 9.17) is 14.2 Å². The fraction of sp³-hybridized carbons (Fsp3) is 0.779. The summed E-state index contributed by atoms with van der Waals surface area (Å²) in [7, 11) is 0. The Labute approximate surface area is 515 Å². The molecule has 6 heteroatoms. The zero-order valence-corrected chi connectivity index (χ0v) is 55.2. The lowest BCUT2D eigenvalue weighted by Gasteiger charge is -2.18. The van der Waals surface area contributed by atoms with Gasteiger partial charge in [0.05, 0.1) is 0 Å². The molecular weight excluding hydrogens is 1020 g/mol. The molecule has 0 N–H and O–H groups in total. The number of unbranched alkanes of at least 4 members (excludes halogenated alkanes) is 41. The molecule has 83 heavy (non-hydrogen) atoms. The molecule has 0 aromatic carbocycles. The number of carbonyl (C=O) groups is 3. The Bertz CT molecular complexity index is 1570. The first-order valence-corrected chi connectivity index (χ1v) is 36.1. The second kappa shape index (κ2) is 71.1. The number of hydrogen-bond donors (Lipinski definition) is 0. The molecule has 0 spiro atoms. The van der Waals surface area contributed by atoms with Crippen molar-refractivity contribution in [3.63, 3.8) is 0 Å². The van der Waals surface area contributed by atoms with Gasteiger partial charge in [0.2, 0.25) is 0 Å². The number of carbonyl (C=O) groups excluding carboxylic acids is 3. The first kappa shape index (κ1) is 79.6. The third kappa shape index (κ3) is 69.3. The summed E-state index contributed by atoms with van der Waals surface area (Å²) in [6, 6.07) is 0. The Morgan fingerprint density at radius 1 is 0.253 bits per heavy atom. The summed E-state index contributed by atoms with van der Waals surface area (Å²) in [5, 5.41) is 0. The average Bonchev–Trinajstić information content (AvgIpc) is 3.49. The molecule has 0 amide bonds. The second-order valence-electron chi connectivity index (χ2n) is 24.1. The van der Waals surface area contributed by atoms with Gasteiger partial charge in [0.25, 0.3) is 0 Å². The van der Waals surface area contributed by atoms with Crippen LogP contribution in [0.25, 0.3) is 0 Å². The molecule has 1 atom stereocenters. The maximum absolute atomic E-state index is 12.9. The van der Waals surface area contributed by atoms with E-state index in [1.807, 2.05) is 0 Å². The molecule has 0 aromatic rings. The third-order valence-corrected chi connectivity index (χ3v) is 15.9. The molecular formula is C77H136O6. The lowest BCUT2D eigenvalue weighted by Crippen LogP contribution is -2.30. The minimum atomic E-state index is -0.773. The lowest BCUT2D eigenvalue weighted by atomic mass is 10.0. The molecule has 0 aliphatic rings. The van der Waals surface area contributed by atoms with Crippen molar-refractivity contribution in [1.82, 2.24) is 0 Å². The van der Waals surface area contributed by atoms with Crippen LogP contribution in [-0.4, -0.2) is 37.2 Å². The van der Waals surface area contributed by atoms with Gasteiger partial charge in [-0.2, -0.15) is 0 Å². The van der Waals surface area contributed by atoms with Crippen LogP contribution in [0.15, 0.2) is 85.1 Å². The van der Waals surface area contributed by atoms with E-state index in [0.717, 1.165) is 103 Å². The molecule has 6 nitrogen and oxygen atoms in total. The Hall–Kier alpha value is -3.41. The molecule has 0 rings (SSSR count). The molecule has 0 saturated heterocycles. The first-order chi connectivity index (χ1) is 41.0. The van der Waals surface area contributed by atoms with Crippen molar-refractivity contribution in [2.75, 3.05) is 13.2 Å². The van der Waals surface area contributed by atoms with Gasteiger partial charge in [-0.25, -0.2) is 0 Å². The van der Waals surface area contributed by atoms with Gasteiger partial charge in [-0.1, -0.05) is 356 Å². The van der Waals surface area contributed by atoms with Crippen LogP contribution >= 0.6 is 0 Å². The summed E-state index contributed by atoms with van der Waals surface area (Å²) in [6.07, 6.45) is 95.0. The molecule has 1 unspecified atom stereocenters. The van der Waals surface area contributed by atoms with E-state index >= 15 is 0 Å². The van der Waals surface area contributed by atoms with Crippen LogP contribution in [0.4, 0.5) is 0 Å². The van der Waals surface area contributed by atoms with Crippen LogP contribution in [0.2, 0.25) is 0 Å². The maximum Gasteiger partial charge on any atom is 0.306 e. The summed E-state index contributed by atoms with van der Waals surface area (Å²) in [5.41, 5.74) is 0. The molecule has 0 aliphatic carbocycles. The summed E-state index contributed by atoms with van der Waals surface area (Å²) in [4.78, 5) is 38.3. The van der Waals surface area contributed by atoms with Crippen molar-refractivity contribution < 1.29 is 28.6 Å². The zero-order valence-electron chi connectivity index (χ0n) is 55.2. The van der Waals surface area contributed by atoms with Gasteiger partial charge in [-0.05, 0) is 77.0 Å². The Kier molecular flexibility index (Phi) is 68.2. The second-order valence-corrected chi connectivity index (χ2v) is 24.1. The summed E-state index contributed by atoms with van der Waals surface area (Å²) < 4.78 is 16.9. The SMILES string of the molecule is CC/C=C\C/C=C\C/C=C\C/C=C\C/C=C\C/C=C\C/C=C\CCCCCCCCCCCCCC(=O)OCC(COC(=O)CCCCCCCCCC)OC(=O)CCCCCCCCCCCCCCCCCCCCCCCCCC. The van der Waals surface area contributed by atoms with E-state index in [1.54, 1.807) is 0 Å². The van der Waals surface area contributed by atoms with E-state index in [1.165, 1.54) is 225 Å². The van der Waals surface area contributed by atoms with E-state index in [9.17, 15) is 14.4 Å². The van der Waals surface area contributed by atoms with Gasteiger partial charge in [0, 0.05) is 19.3 Å². The monoisotopic (exact) mass is 1160 g/mol. The van der Waals surface area contributed by atoms with Gasteiger partial charge in [0.15, 0.2) is 6.10 Å². The minimum Gasteiger partial charge on any atom is -0.462 e. The van der Waals surface area contributed by atoms with Crippen LogP contribution in [0.3, 0.4) is 0 Å². The highest BCUT2D eigenvalue weighted by molar-refractivity contribution is 5.71. The third-order valence-electron chi connectivity index (χ3n) is 15.9. The highest BCUT2D eigenvalue weighted by Gasteiger charge is 2.19. The van der Waals surface area contributed by atoms with Crippen molar-refractivity contribution in [3.8, 4) is 0 Å². The maximum atomic E-state index is 12.9. The van der Waals surface area contributed by atoms with Gasteiger partial charge < -0.3 is 14.2 Å². The average molecular weight is 1160 g/mol. The summed E-state index contributed by atoms with van der Waals surface area (Å²) >= 11 is 0. The predicted octanol–water partition coefficient (Wildman–Crippen LogP) is 25.0. The molecule has 0 fully saturated rings. The van der Waals surface area contributed by atoms with Crippen LogP contribution < -0.4 is 0 Å². The van der Waals surface area contributed by atoms with Gasteiger partial charge >= 0.3 is 17.9 Å². The highest BCUT2D eigenvalue weighted by atomic mass is 16.6. The Morgan fingerprint density at radius 3 is 0.735 bits per heavy atom. The number of esters is 3. The number of ether oxygens (including phenoxy) is 3. The highest BCUT2D eigenvalue weighted by Crippen LogP contribution is 2.18. The van der Waals surface area contributed by atoms with Crippen LogP contribution in [0.5, 0.6) is 0 Å².